The lowest BCUT2D eigenvalue weighted by Crippen LogP contribution is -2.43. The Balaban J connectivity index is 1.94. The third-order valence-electron chi connectivity index (χ3n) is 6.05. The van der Waals surface area contributed by atoms with Gasteiger partial charge in [-0.3, -0.25) is 9.59 Å². The standard InChI is InChI=1S/C20H36N2O2/c1-5-7-9-11-13-21-15(3)17-18(19(21)23)16(4)22(20(17)24)14-12-10-8-6-2/h15-18H,5-14H2,1-4H3. The maximum atomic E-state index is 12.9. The van der Waals surface area contributed by atoms with Gasteiger partial charge in [0.25, 0.3) is 0 Å². The Bertz CT molecular complexity index is 397. The predicted octanol–water partition coefficient (Wildman–Crippen LogP) is 3.84. The molecule has 24 heavy (non-hydrogen) atoms. The summed E-state index contributed by atoms with van der Waals surface area (Å²) in [6, 6.07) is 0.138. The molecule has 2 aliphatic heterocycles. The Labute approximate surface area is 148 Å². The van der Waals surface area contributed by atoms with Crippen molar-refractivity contribution in [2.45, 2.75) is 91.1 Å². The van der Waals surface area contributed by atoms with Crippen molar-refractivity contribution < 1.29 is 9.59 Å². The van der Waals surface area contributed by atoms with E-state index >= 15 is 0 Å². The first-order chi connectivity index (χ1) is 11.5. The lowest BCUT2D eigenvalue weighted by molar-refractivity contribution is -0.135. The average molecular weight is 337 g/mol. The number of hydrogen-bond acceptors (Lipinski definition) is 2. The van der Waals surface area contributed by atoms with Crippen LogP contribution in [0.2, 0.25) is 0 Å². The Kier molecular flexibility index (Phi) is 7.12. The van der Waals surface area contributed by atoms with Crippen LogP contribution in [0, 0.1) is 11.8 Å². The van der Waals surface area contributed by atoms with Crippen molar-refractivity contribution >= 4 is 11.8 Å². The minimum absolute atomic E-state index is 0.0692. The molecule has 4 nitrogen and oxygen atoms in total. The lowest BCUT2D eigenvalue weighted by atomic mass is 9.90. The second-order valence-corrected chi connectivity index (χ2v) is 7.72. The molecular weight excluding hydrogens is 300 g/mol. The summed E-state index contributed by atoms with van der Waals surface area (Å²) in [6.07, 6.45) is 9.34. The molecule has 2 rings (SSSR count). The van der Waals surface area contributed by atoms with E-state index in [1.54, 1.807) is 0 Å². The molecule has 138 valence electrons. The summed E-state index contributed by atoms with van der Waals surface area (Å²) in [5, 5.41) is 0. The van der Waals surface area contributed by atoms with Gasteiger partial charge in [0, 0.05) is 25.2 Å². The summed E-state index contributed by atoms with van der Waals surface area (Å²) in [5.74, 6) is 0.233. The van der Waals surface area contributed by atoms with Crippen LogP contribution in [0.4, 0.5) is 0 Å². The zero-order valence-corrected chi connectivity index (χ0v) is 16.1. The van der Waals surface area contributed by atoms with Gasteiger partial charge in [-0.05, 0) is 26.7 Å². The minimum Gasteiger partial charge on any atom is -0.339 e. The number of unbranched alkanes of at least 4 members (excludes halogenated alkanes) is 6. The molecule has 2 heterocycles. The molecule has 4 heteroatoms. The van der Waals surface area contributed by atoms with Gasteiger partial charge in [0.05, 0.1) is 11.8 Å². The average Bonchev–Trinajstić information content (AvgIpc) is 2.96. The third kappa shape index (κ3) is 3.78. The maximum absolute atomic E-state index is 12.9. The highest BCUT2D eigenvalue weighted by Crippen LogP contribution is 2.42. The Hall–Kier alpha value is -1.06. The first-order valence-corrected chi connectivity index (χ1v) is 10.2. The lowest BCUT2D eigenvalue weighted by Gasteiger charge is -2.29. The zero-order chi connectivity index (χ0) is 17.7. The zero-order valence-electron chi connectivity index (χ0n) is 16.1. The summed E-state index contributed by atoms with van der Waals surface area (Å²) in [5.41, 5.74) is 0. The highest BCUT2D eigenvalue weighted by molar-refractivity contribution is 5.95. The minimum atomic E-state index is -0.107. The molecule has 0 spiro atoms. The van der Waals surface area contributed by atoms with E-state index in [-0.39, 0.29) is 35.7 Å². The van der Waals surface area contributed by atoms with Gasteiger partial charge in [0.1, 0.15) is 0 Å². The molecule has 0 bridgehead atoms. The molecule has 2 fully saturated rings. The van der Waals surface area contributed by atoms with Crippen LogP contribution in [0.15, 0.2) is 0 Å². The van der Waals surface area contributed by atoms with Crippen molar-refractivity contribution in [3.8, 4) is 0 Å². The van der Waals surface area contributed by atoms with Gasteiger partial charge in [-0.15, -0.1) is 0 Å². The predicted molar refractivity (Wildman–Crippen MR) is 97.6 cm³/mol. The van der Waals surface area contributed by atoms with Gasteiger partial charge in [-0.1, -0.05) is 52.4 Å². The fourth-order valence-electron chi connectivity index (χ4n) is 4.54. The number of amides is 2. The van der Waals surface area contributed by atoms with Crippen molar-refractivity contribution in [2.24, 2.45) is 11.8 Å². The van der Waals surface area contributed by atoms with Crippen molar-refractivity contribution in [3.05, 3.63) is 0 Å². The van der Waals surface area contributed by atoms with Gasteiger partial charge in [-0.25, -0.2) is 0 Å². The van der Waals surface area contributed by atoms with E-state index < -0.39 is 0 Å². The largest absolute Gasteiger partial charge is 0.339 e. The monoisotopic (exact) mass is 336 g/mol. The van der Waals surface area contributed by atoms with E-state index in [9.17, 15) is 9.59 Å². The van der Waals surface area contributed by atoms with E-state index in [0.29, 0.717) is 0 Å². The molecule has 0 aromatic rings. The molecule has 0 aromatic heterocycles. The molecule has 0 aromatic carbocycles. The summed E-state index contributed by atoms with van der Waals surface area (Å²) < 4.78 is 0. The van der Waals surface area contributed by atoms with E-state index in [0.717, 1.165) is 25.9 Å². The number of hydrogen-bond donors (Lipinski definition) is 0. The van der Waals surface area contributed by atoms with E-state index in [2.05, 4.69) is 27.7 Å². The fraction of sp³-hybridized carbons (Fsp3) is 0.900. The smallest absolute Gasteiger partial charge is 0.228 e. The number of fused-ring (bicyclic) bond motifs is 1. The summed E-state index contributed by atoms with van der Waals surface area (Å²) >= 11 is 0. The Morgan fingerprint density at radius 2 is 1.04 bits per heavy atom. The van der Waals surface area contributed by atoms with Crippen molar-refractivity contribution in [2.75, 3.05) is 13.1 Å². The van der Waals surface area contributed by atoms with Crippen molar-refractivity contribution in [3.63, 3.8) is 0 Å². The van der Waals surface area contributed by atoms with Gasteiger partial charge in [0.2, 0.25) is 11.8 Å². The van der Waals surface area contributed by atoms with Crippen LogP contribution >= 0.6 is 0 Å². The van der Waals surface area contributed by atoms with Crippen LogP contribution in [0.1, 0.15) is 79.1 Å². The van der Waals surface area contributed by atoms with E-state index in [1.807, 2.05) is 9.80 Å². The first-order valence-electron chi connectivity index (χ1n) is 10.2. The molecule has 2 saturated heterocycles. The molecule has 4 atom stereocenters. The van der Waals surface area contributed by atoms with E-state index in [4.69, 9.17) is 0 Å². The van der Waals surface area contributed by atoms with Crippen LogP contribution in [0.5, 0.6) is 0 Å². The molecule has 0 radical (unpaired) electrons. The van der Waals surface area contributed by atoms with Gasteiger partial charge in [0.15, 0.2) is 0 Å². The third-order valence-corrected chi connectivity index (χ3v) is 6.05. The highest BCUT2D eigenvalue weighted by atomic mass is 16.2. The second kappa shape index (κ2) is 8.87. The Morgan fingerprint density at radius 1 is 0.667 bits per heavy atom. The fourth-order valence-corrected chi connectivity index (χ4v) is 4.54. The molecule has 0 saturated carbocycles. The van der Waals surface area contributed by atoms with Crippen molar-refractivity contribution in [1.82, 2.24) is 9.80 Å². The van der Waals surface area contributed by atoms with Crippen LogP contribution in [-0.4, -0.2) is 46.8 Å². The first kappa shape index (κ1) is 19.3. The molecular formula is C20H36N2O2. The SMILES string of the molecule is CCCCCCN1C(=O)C2C(C(=O)N(CCCCCC)C2C)C1C. The molecule has 0 N–H and O–H groups in total. The number of rotatable bonds is 10. The van der Waals surface area contributed by atoms with Crippen molar-refractivity contribution in [1.29, 1.82) is 0 Å². The van der Waals surface area contributed by atoms with Gasteiger partial charge in [-0.2, -0.15) is 0 Å². The Morgan fingerprint density at radius 3 is 1.38 bits per heavy atom. The summed E-state index contributed by atoms with van der Waals surface area (Å²) in [7, 11) is 0. The number of carbonyl (C=O) groups is 2. The number of nitrogens with zero attached hydrogens (tertiary/aromatic N) is 2. The normalized spacial score (nSPS) is 29.7. The molecule has 2 amide bonds. The topological polar surface area (TPSA) is 40.6 Å². The van der Waals surface area contributed by atoms with Crippen LogP contribution in [-0.2, 0) is 9.59 Å². The molecule has 2 aliphatic rings. The van der Waals surface area contributed by atoms with Crippen LogP contribution in [0.3, 0.4) is 0 Å². The van der Waals surface area contributed by atoms with Gasteiger partial charge < -0.3 is 9.80 Å². The van der Waals surface area contributed by atoms with E-state index in [1.165, 1.54) is 38.5 Å². The molecule has 0 aliphatic carbocycles. The summed E-state index contributed by atoms with van der Waals surface area (Å²) in [6.45, 7) is 10.2. The van der Waals surface area contributed by atoms with Crippen LogP contribution in [0.25, 0.3) is 0 Å². The highest BCUT2D eigenvalue weighted by Gasteiger charge is 2.58. The number of carbonyl (C=O) groups excluding carboxylic acids is 2. The number of likely N-dealkylation sites (tertiary alicyclic amines) is 2. The van der Waals surface area contributed by atoms with Gasteiger partial charge >= 0.3 is 0 Å². The summed E-state index contributed by atoms with van der Waals surface area (Å²) in [4.78, 5) is 29.8. The quantitative estimate of drug-likeness (QED) is 0.569. The second-order valence-electron chi connectivity index (χ2n) is 7.72. The van der Waals surface area contributed by atoms with Crippen LogP contribution < -0.4 is 0 Å². The molecule has 4 unspecified atom stereocenters. The maximum Gasteiger partial charge on any atom is 0.228 e.